The van der Waals surface area contributed by atoms with Crippen LogP contribution in [-0.2, 0) is 11.3 Å². The Kier molecular flexibility index (Phi) is 9.62. The summed E-state index contributed by atoms with van der Waals surface area (Å²) < 4.78 is 10.8. The van der Waals surface area contributed by atoms with Gasteiger partial charge in [0.15, 0.2) is 5.96 Å². The highest BCUT2D eigenvalue weighted by molar-refractivity contribution is 14.0. The SMILES string of the molecule is CCC1(CNC(=NC)NCCCOCc2ccco2)CCC1.I. The molecule has 1 aromatic rings. The molecule has 0 bridgehead atoms. The summed E-state index contributed by atoms with van der Waals surface area (Å²) in [6, 6.07) is 3.80. The van der Waals surface area contributed by atoms with Crippen molar-refractivity contribution in [2.45, 2.75) is 45.6 Å². The van der Waals surface area contributed by atoms with Crippen molar-refractivity contribution in [2.24, 2.45) is 10.4 Å². The molecule has 2 N–H and O–H groups in total. The number of aliphatic imine (C=N–C) groups is 1. The predicted molar refractivity (Wildman–Crippen MR) is 104 cm³/mol. The summed E-state index contributed by atoms with van der Waals surface area (Å²) in [7, 11) is 1.82. The van der Waals surface area contributed by atoms with Crippen LogP contribution in [-0.4, -0.2) is 32.7 Å². The molecule has 1 heterocycles. The molecule has 0 saturated heterocycles. The molecule has 6 heteroatoms. The number of hydrogen-bond donors (Lipinski definition) is 2. The first kappa shape index (κ1) is 20.3. The second-order valence-corrected chi connectivity index (χ2v) is 6.05. The van der Waals surface area contributed by atoms with Crippen molar-refractivity contribution < 1.29 is 9.15 Å². The monoisotopic (exact) mass is 435 g/mol. The lowest BCUT2D eigenvalue weighted by Crippen LogP contribution is -2.46. The molecular weight excluding hydrogens is 405 g/mol. The lowest BCUT2D eigenvalue weighted by molar-refractivity contribution is 0.104. The number of halogens is 1. The molecule has 1 saturated carbocycles. The quantitative estimate of drug-likeness (QED) is 0.270. The van der Waals surface area contributed by atoms with Crippen molar-refractivity contribution in [3.8, 4) is 0 Å². The second kappa shape index (κ2) is 10.9. The van der Waals surface area contributed by atoms with Gasteiger partial charge < -0.3 is 19.8 Å². The molecule has 0 radical (unpaired) electrons. The lowest BCUT2D eigenvalue weighted by atomic mass is 9.67. The van der Waals surface area contributed by atoms with E-state index in [1.165, 1.54) is 25.7 Å². The van der Waals surface area contributed by atoms with Gasteiger partial charge in [-0.3, -0.25) is 4.99 Å². The first-order valence-corrected chi connectivity index (χ1v) is 8.33. The fraction of sp³-hybridized carbons (Fsp3) is 0.706. The van der Waals surface area contributed by atoms with Crippen molar-refractivity contribution in [1.82, 2.24) is 10.6 Å². The number of nitrogens with zero attached hydrogens (tertiary/aromatic N) is 1. The van der Waals surface area contributed by atoms with Gasteiger partial charge in [-0.05, 0) is 43.2 Å². The van der Waals surface area contributed by atoms with Crippen LogP contribution in [0.3, 0.4) is 0 Å². The number of nitrogens with one attached hydrogen (secondary N) is 2. The van der Waals surface area contributed by atoms with Crippen LogP contribution in [0.5, 0.6) is 0 Å². The van der Waals surface area contributed by atoms with Crippen molar-refractivity contribution >= 4 is 29.9 Å². The topological polar surface area (TPSA) is 58.8 Å². The zero-order valence-corrected chi connectivity index (χ0v) is 16.6. The average Bonchev–Trinajstić information content (AvgIpc) is 3.01. The average molecular weight is 435 g/mol. The summed E-state index contributed by atoms with van der Waals surface area (Å²) in [6.07, 6.45) is 7.91. The standard InChI is InChI=1S/C17H29N3O2.HI/c1-3-17(8-5-9-17)14-20-16(18-2)19-10-6-11-21-13-15-7-4-12-22-15;/h4,7,12H,3,5-6,8-11,13-14H2,1-2H3,(H2,18,19,20);1H. The zero-order valence-electron chi connectivity index (χ0n) is 14.3. The third-order valence-corrected chi connectivity index (χ3v) is 4.60. The van der Waals surface area contributed by atoms with Crippen LogP contribution >= 0.6 is 24.0 Å². The molecule has 0 aliphatic heterocycles. The van der Waals surface area contributed by atoms with Crippen LogP contribution < -0.4 is 10.6 Å². The minimum atomic E-state index is 0. The molecular formula is C17H30IN3O2. The smallest absolute Gasteiger partial charge is 0.190 e. The maximum Gasteiger partial charge on any atom is 0.190 e. The molecule has 2 rings (SSSR count). The Morgan fingerprint density at radius 2 is 2.22 bits per heavy atom. The Hall–Kier alpha value is -0.760. The van der Waals surface area contributed by atoms with Gasteiger partial charge in [0.2, 0.25) is 0 Å². The fourth-order valence-corrected chi connectivity index (χ4v) is 2.77. The third-order valence-electron chi connectivity index (χ3n) is 4.60. The van der Waals surface area contributed by atoms with Crippen LogP contribution in [0.4, 0.5) is 0 Å². The van der Waals surface area contributed by atoms with E-state index in [0.717, 1.165) is 31.2 Å². The maximum absolute atomic E-state index is 5.56. The van der Waals surface area contributed by atoms with E-state index >= 15 is 0 Å². The predicted octanol–water partition coefficient (Wildman–Crippen LogP) is 3.55. The largest absolute Gasteiger partial charge is 0.467 e. The molecule has 1 aromatic heterocycles. The van der Waals surface area contributed by atoms with Crippen LogP contribution in [0.25, 0.3) is 0 Å². The third kappa shape index (κ3) is 6.71. The highest BCUT2D eigenvalue weighted by Crippen LogP contribution is 2.42. The van der Waals surface area contributed by atoms with E-state index in [1.54, 1.807) is 6.26 Å². The molecule has 0 amide bonds. The van der Waals surface area contributed by atoms with Gasteiger partial charge in [-0.2, -0.15) is 0 Å². The Morgan fingerprint density at radius 1 is 1.39 bits per heavy atom. The van der Waals surface area contributed by atoms with E-state index in [1.807, 2.05) is 19.2 Å². The number of hydrogen-bond acceptors (Lipinski definition) is 3. The van der Waals surface area contributed by atoms with Gasteiger partial charge in [-0.1, -0.05) is 13.3 Å². The van der Waals surface area contributed by atoms with Crippen molar-refractivity contribution in [3.63, 3.8) is 0 Å². The maximum atomic E-state index is 5.56. The van der Waals surface area contributed by atoms with Crippen LogP contribution in [0.1, 0.15) is 44.8 Å². The molecule has 1 fully saturated rings. The number of guanidine groups is 1. The van der Waals surface area contributed by atoms with Gasteiger partial charge in [0.1, 0.15) is 12.4 Å². The van der Waals surface area contributed by atoms with Gasteiger partial charge >= 0.3 is 0 Å². The van der Waals surface area contributed by atoms with Crippen molar-refractivity contribution in [1.29, 1.82) is 0 Å². The summed E-state index contributed by atoms with van der Waals surface area (Å²) >= 11 is 0. The first-order chi connectivity index (χ1) is 10.8. The first-order valence-electron chi connectivity index (χ1n) is 8.33. The molecule has 1 aliphatic carbocycles. The van der Waals surface area contributed by atoms with E-state index in [4.69, 9.17) is 9.15 Å². The number of rotatable bonds is 9. The van der Waals surface area contributed by atoms with Crippen LogP contribution in [0.2, 0.25) is 0 Å². The molecule has 0 atom stereocenters. The van der Waals surface area contributed by atoms with Gasteiger partial charge in [0.25, 0.3) is 0 Å². The Morgan fingerprint density at radius 3 is 2.78 bits per heavy atom. The summed E-state index contributed by atoms with van der Waals surface area (Å²) in [6.45, 7) is 5.42. The van der Waals surface area contributed by atoms with Crippen LogP contribution in [0, 0.1) is 5.41 Å². The lowest BCUT2D eigenvalue weighted by Gasteiger charge is -2.41. The van der Waals surface area contributed by atoms with E-state index in [2.05, 4.69) is 22.5 Å². The summed E-state index contributed by atoms with van der Waals surface area (Å²) in [5.74, 6) is 1.77. The van der Waals surface area contributed by atoms with E-state index in [-0.39, 0.29) is 24.0 Å². The minimum Gasteiger partial charge on any atom is -0.467 e. The number of ether oxygens (including phenoxy) is 1. The van der Waals surface area contributed by atoms with Gasteiger partial charge in [0, 0.05) is 26.7 Å². The van der Waals surface area contributed by atoms with Gasteiger partial charge in [0.05, 0.1) is 6.26 Å². The Bertz CT molecular complexity index is 439. The number of furan rings is 1. The fourth-order valence-electron chi connectivity index (χ4n) is 2.77. The summed E-state index contributed by atoms with van der Waals surface area (Å²) in [4.78, 5) is 4.28. The van der Waals surface area contributed by atoms with Gasteiger partial charge in [-0.15, -0.1) is 24.0 Å². The van der Waals surface area contributed by atoms with Crippen molar-refractivity contribution in [3.05, 3.63) is 24.2 Å². The second-order valence-electron chi connectivity index (χ2n) is 6.05. The molecule has 5 nitrogen and oxygen atoms in total. The molecule has 132 valence electrons. The highest BCUT2D eigenvalue weighted by Gasteiger charge is 2.34. The zero-order chi connectivity index (χ0) is 15.7. The molecule has 0 spiro atoms. The van der Waals surface area contributed by atoms with E-state index in [9.17, 15) is 0 Å². The van der Waals surface area contributed by atoms with Gasteiger partial charge in [-0.25, -0.2) is 0 Å². The van der Waals surface area contributed by atoms with E-state index < -0.39 is 0 Å². The molecule has 23 heavy (non-hydrogen) atoms. The summed E-state index contributed by atoms with van der Waals surface area (Å²) in [5, 5.41) is 6.80. The Balaban J connectivity index is 0.00000264. The summed E-state index contributed by atoms with van der Waals surface area (Å²) in [5.41, 5.74) is 0.504. The minimum absolute atomic E-state index is 0. The van der Waals surface area contributed by atoms with Crippen LogP contribution in [0.15, 0.2) is 27.8 Å². The van der Waals surface area contributed by atoms with E-state index in [0.29, 0.717) is 18.6 Å². The normalized spacial score (nSPS) is 16.3. The molecule has 0 aromatic carbocycles. The van der Waals surface area contributed by atoms with Crippen molar-refractivity contribution in [2.75, 3.05) is 26.7 Å². The Labute approximate surface area is 156 Å². The molecule has 1 aliphatic rings. The highest BCUT2D eigenvalue weighted by atomic mass is 127. The molecule has 0 unspecified atom stereocenters.